The predicted octanol–water partition coefficient (Wildman–Crippen LogP) is 1.62. The number of carbonyl (C=O) groups excluding carboxylic acids is 2. The molecule has 2 aromatic heterocycles. The molecule has 0 aromatic carbocycles. The van der Waals surface area contributed by atoms with Crippen LogP contribution in [0.1, 0.15) is 51.9 Å². The summed E-state index contributed by atoms with van der Waals surface area (Å²) in [7, 11) is 0. The van der Waals surface area contributed by atoms with E-state index in [1.165, 1.54) is 12.3 Å². The molecule has 0 spiro atoms. The monoisotopic (exact) mass is 359 g/mol. The van der Waals surface area contributed by atoms with Crippen molar-refractivity contribution in [1.29, 1.82) is 0 Å². The standard InChI is InChI=1S/C18H22FN5O2/c1-11(8-21-17(25)12-6-7-20-10-14(12)19)9-22-18(26)16-13-4-2-3-5-15(13)23-24-16/h6-7,10-11H,2-5,8-9H2,1H3,(H,21,25)(H,22,26)(H,23,24). The third kappa shape index (κ3) is 4.07. The van der Waals surface area contributed by atoms with Crippen molar-refractivity contribution in [3.8, 4) is 0 Å². The molecule has 0 aliphatic heterocycles. The molecular weight excluding hydrogens is 337 g/mol. The lowest BCUT2D eigenvalue weighted by Crippen LogP contribution is -2.36. The van der Waals surface area contributed by atoms with Crippen LogP contribution < -0.4 is 10.6 Å². The number of aromatic amines is 1. The minimum atomic E-state index is -0.658. The topological polar surface area (TPSA) is 99.8 Å². The van der Waals surface area contributed by atoms with Gasteiger partial charge < -0.3 is 10.6 Å². The number of hydrogen-bond donors (Lipinski definition) is 3. The second-order valence-corrected chi connectivity index (χ2v) is 6.62. The number of hydrogen-bond acceptors (Lipinski definition) is 4. The average molecular weight is 359 g/mol. The molecule has 8 heteroatoms. The minimum Gasteiger partial charge on any atom is -0.352 e. The van der Waals surface area contributed by atoms with Gasteiger partial charge in [0.05, 0.1) is 11.8 Å². The largest absolute Gasteiger partial charge is 0.352 e. The van der Waals surface area contributed by atoms with Crippen LogP contribution in [0.2, 0.25) is 0 Å². The fourth-order valence-electron chi connectivity index (χ4n) is 3.01. The molecule has 0 saturated heterocycles. The number of amides is 2. The molecular formula is C18H22FN5O2. The number of H-pyrrole nitrogens is 1. The summed E-state index contributed by atoms with van der Waals surface area (Å²) >= 11 is 0. The molecule has 2 heterocycles. The zero-order valence-corrected chi connectivity index (χ0v) is 14.6. The Morgan fingerprint density at radius 1 is 1.23 bits per heavy atom. The highest BCUT2D eigenvalue weighted by Gasteiger charge is 2.22. The van der Waals surface area contributed by atoms with Crippen LogP contribution in [-0.4, -0.2) is 40.1 Å². The maximum atomic E-state index is 13.5. The number of aromatic nitrogens is 3. The van der Waals surface area contributed by atoms with E-state index in [0.717, 1.165) is 43.1 Å². The van der Waals surface area contributed by atoms with E-state index in [-0.39, 0.29) is 17.4 Å². The Morgan fingerprint density at radius 3 is 2.73 bits per heavy atom. The van der Waals surface area contributed by atoms with Crippen molar-refractivity contribution in [3.63, 3.8) is 0 Å². The fourth-order valence-corrected chi connectivity index (χ4v) is 3.01. The average Bonchev–Trinajstić information content (AvgIpc) is 3.08. The second-order valence-electron chi connectivity index (χ2n) is 6.62. The van der Waals surface area contributed by atoms with Crippen LogP contribution in [0.3, 0.4) is 0 Å². The van der Waals surface area contributed by atoms with Crippen LogP contribution >= 0.6 is 0 Å². The van der Waals surface area contributed by atoms with Gasteiger partial charge in [-0.3, -0.25) is 19.7 Å². The molecule has 138 valence electrons. The van der Waals surface area contributed by atoms with E-state index in [0.29, 0.717) is 18.8 Å². The number of pyridine rings is 1. The third-order valence-corrected chi connectivity index (χ3v) is 4.51. The van der Waals surface area contributed by atoms with Gasteiger partial charge in [-0.15, -0.1) is 0 Å². The highest BCUT2D eigenvalue weighted by atomic mass is 19.1. The first-order valence-corrected chi connectivity index (χ1v) is 8.78. The molecule has 1 aliphatic carbocycles. The summed E-state index contributed by atoms with van der Waals surface area (Å²) in [6.45, 7) is 2.60. The van der Waals surface area contributed by atoms with Gasteiger partial charge in [-0.2, -0.15) is 5.10 Å². The Hall–Kier alpha value is -2.77. The van der Waals surface area contributed by atoms with Gasteiger partial charge in [-0.25, -0.2) is 4.39 Å². The number of carbonyl (C=O) groups is 2. The Labute approximate surface area is 150 Å². The summed E-state index contributed by atoms with van der Waals surface area (Å²) in [4.78, 5) is 27.9. The fraction of sp³-hybridized carbons (Fsp3) is 0.444. The van der Waals surface area contributed by atoms with Crippen molar-refractivity contribution < 1.29 is 14.0 Å². The Morgan fingerprint density at radius 2 is 1.96 bits per heavy atom. The van der Waals surface area contributed by atoms with Crippen molar-refractivity contribution in [2.24, 2.45) is 5.92 Å². The zero-order valence-electron chi connectivity index (χ0n) is 14.6. The Bertz CT molecular complexity index is 805. The summed E-state index contributed by atoms with van der Waals surface area (Å²) in [5.74, 6) is -1.37. The molecule has 2 amide bonds. The van der Waals surface area contributed by atoms with Crippen LogP contribution in [0.5, 0.6) is 0 Å². The normalized spacial score (nSPS) is 14.4. The molecule has 3 rings (SSSR count). The Balaban J connectivity index is 1.47. The molecule has 1 atom stereocenters. The number of rotatable bonds is 6. The maximum absolute atomic E-state index is 13.5. The second kappa shape index (κ2) is 8.07. The first-order chi connectivity index (χ1) is 12.6. The highest BCUT2D eigenvalue weighted by Crippen LogP contribution is 2.21. The summed E-state index contributed by atoms with van der Waals surface area (Å²) in [5.41, 5.74) is 2.50. The van der Waals surface area contributed by atoms with Crippen LogP contribution in [-0.2, 0) is 12.8 Å². The molecule has 0 bridgehead atoms. The van der Waals surface area contributed by atoms with E-state index in [1.54, 1.807) is 0 Å². The summed E-state index contributed by atoms with van der Waals surface area (Å²) in [5, 5.41) is 12.6. The summed E-state index contributed by atoms with van der Waals surface area (Å²) < 4.78 is 13.5. The number of nitrogens with zero attached hydrogens (tertiary/aromatic N) is 2. The number of nitrogens with one attached hydrogen (secondary N) is 3. The summed E-state index contributed by atoms with van der Waals surface area (Å²) in [6.07, 6.45) is 6.36. The van der Waals surface area contributed by atoms with Crippen LogP contribution in [0.15, 0.2) is 18.5 Å². The molecule has 7 nitrogen and oxygen atoms in total. The minimum absolute atomic E-state index is 0.0115. The van der Waals surface area contributed by atoms with Gasteiger partial charge in [0.15, 0.2) is 11.5 Å². The van der Waals surface area contributed by atoms with Gasteiger partial charge in [-0.1, -0.05) is 6.92 Å². The maximum Gasteiger partial charge on any atom is 0.272 e. The van der Waals surface area contributed by atoms with Crippen molar-refractivity contribution in [3.05, 3.63) is 46.8 Å². The van der Waals surface area contributed by atoms with E-state index in [2.05, 4.69) is 25.8 Å². The van der Waals surface area contributed by atoms with Gasteiger partial charge in [0.25, 0.3) is 11.8 Å². The van der Waals surface area contributed by atoms with Crippen molar-refractivity contribution in [1.82, 2.24) is 25.8 Å². The number of fused-ring (bicyclic) bond motifs is 1. The first-order valence-electron chi connectivity index (χ1n) is 8.78. The third-order valence-electron chi connectivity index (χ3n) is 4.51. The first kappa shape index (κ1) is 18.0. The highest BCUT2D eigenvalue weighted by molar-refractivity contribution is 5.94. The lowest BCUT2D eigenvalue weighted by atomic mass is 9.96. The molecule has 1 aliphatic rings. The number of aryl methyl sites for hydroxylation is 1. The van der Waals surface area contributed by atoms with E-state index in [4.69, 9.17) is 0 Å². The molecule has 2 aromatic rings. The molecule has 26 heavy (non-hydrogen) atoms. The quantitative estimate of drug-likeness (QED) is 0.730. The Kier molecular flexibility index (Phi) is 5.60. The summed E-state index contributed by atoms with van der Waals surface area (Å²) in [6, 6.07) is 1.33. The van der Waals surface area contributed by atoms with Crippen molar-refractivity contribution in [2.45, 2.75) is 32.6 Å². The molecule has 1 unspecified atom stereocenters. The lowest BCUT2D eigenvalue weighted by molar-refractivity contribution is 0.0936. The van der Waals surface area contributed by atoms with E-state index >= 15 is 0 Å². The molecule has 0 saturated carbocycles. The van der Waals surface area contributed by atoms with Gasteiger partial charge in [0.1, 0.15) is 0 Å². The SMILES string of the molecule is CC(CNC(=O)c1ccncc1F)CNC(=O)c1n[nH]c2c1CCCC2. The van der Waals surface area contributed by atoms with E-state index < -0.39 is 11.7 Å². The van der Waals surface area contributed by atoms with E-state index in [1.807, 2.05) is 6.92 Å². The molecule has 0 fully saturated rings. The van der Waals surface area contributed by atoms with Crippen LogP contribution in [0.25, 0.3) is 0 Å². The van der Waals surface area contributed by atoms with Crippen LogP contribution in [0, 0.1) is 11.7 Å². The van der Waals surface area contributed by atoms with Gasteiger partial charge in [0, 0.05) is 30.5 Å². The van der Waals surface area contributed by atoms with Gasteiger partial charge in [-0.05, 0) is 37.7 Å². The predicted molar refractivity (Wildman–Crippen MR) is 93.3 cm³/mol. The van der Waals surface area contributed by atoms with Crippen molar-refractivity contribution >= 4 is 11.8 Å². The van der Waals surface area contributed by atoms with Crippen molar-refractivity contribution in [2.75, 3.05) is 13.1 Å². The zero-order chi connectivity index (χ0) is 18.5. The number of halogens is 1. The van der Waals surface area contributed by atoms with Crippen LogP contribution in [0.4, 0.5) is 4.39 Å². The van der Waals surface area contributed by atoms with Gasteiger partial charge in [0.2, 0.25) is 0 Å². The lowest BCUT2D eigenvalue weighted by Gasteiger charge is -2.14. The molecule has 3 N–H and O–H groups in total. The van der Waals surface area contributed by atoms with E-state index in [9.17, 15) is 14.0 Å². The molecule has 0 radical (unpaired) electrons. The van der Waals surface area contributed by atoms with Gasteiger partial charge >= 0.3 is 0 Å². The smallest absolute Gasteiger partial charge is 0.272 e.